The second-order valence-corrected chi connectivity index (χ2v) is 7.02. The summed E-state index contributed by atoms with van der Waals surface area (Å²) < 4.78 is 10.2. The molecule has 0 fully saturated rings. The molecule has 0 aliphatic carbocycles. The van der Waals surface area contributed by atoms with Gasteiger partial charge in [-0.25, -0.2) is 0 Å². The van der Waals surface area contributed by atoms with Crippen molar-refractivity contribution in [3.8, 4) is 5.75 Å². The van der Waals surface area contributed by atoms with E-state index in [2.05, 4.69) is 5.32 Å². The van der Waals surface area contributed by atoms with E-state index in [9.17, 15) is 9.59 Å². The molecule has 0 aliphatic heterocycles. The molecule has 2 amide bonds. The van der Waals surface area contributed by atoms with Crippen LogP contribution in [-0.4, -0.2) is 32.6 Å². The normalized spacial score (nSPS) is 10.4. The lowest BCUT2D eigenvalue weighted by Gasteiger charge is -2.23. The molecule has 0 radical (unpaired) electrons. The van der Waals surface area contributed by atoms with Gasteiger partial charge in [0, 0.05) is 18.5 Å². The number of rotatable bonds is 9. The molecule has 0 heterocycles. The summed E-state index contributed by atoms with van der Waals surface area (Å²) in [5.41, 5.74) is 3.34. The van der Waals surface area contributed by atoms with Crippen LogP contribution in [0.3, 0.4) is 0 Å². The van der Waals surface area contributed by atoms with Crippen LogP contribution in [0.4, 0.5) is 11.4 Å². The fraction of sp³-hybridized carbons (Fsp3) is 0.200. The van der Waals surface area contributed by atoms with Crippen molar-refractivity contribution >= 4 is 23.2 Å². The first kappa shape index (κ1) is 22.1. The molecule has 160 valence electrons. The minimum Gasteiger partial charge on any atom is -0.497 e. The van der Waals surface area contributed by atoms with Crippen molar-refractivity contribution < 1.29 is 19.1 Å². The van der Waals surface area contributed by atoms with E-state index in [4.69, 9.17) is 9.47 Å². The van der Waals surface area contributed by atoms with E-state index >= 15 is 0 Å². The number of methoxy groups -OCH3 is 2. The second-order valence-electron chi connectivity index (χ2n) is 7.02. The quantitative estimate of drug-likeness (QED) is 0.569. The van der Waals surface area contributed by atoms with Gasteiger partial charge in [-0.15, -0.1) is 0 Å². The Morgan fingerprint density at radius 2 is 1.52 bits per heavy atom. The van der Waals surface area contributed by atoms with Crippen LogP contribution in [0.5, 0.6) is 5.75 Å². The van der Waals surface area contributed by atoms with Gasteiger partial charge in [-0.05, 0) is 47.5 Å². The molecule has 0 saturated carbocycles. The highest BCUT2D eigenvalue weighted by Gasteiger charge is 2.16. The van der Waals surface area contributed by atoms with Crippen molar-refractivity contribution in [2.45, 2.75) is 13.0 Å². The third kappa shape index (κ3) is 6.42. The van der Waals surface area contributed by atoms with Crippen LogP contribution < -0.4 is 15.0 Å². The summed E-state index contributed by atoms with van der Waals surface area (Å²) in [4.78, 5) is 26.6. The van der Waals surface area contributed by atoms with Crippen molar-refractivity contribution in [2.75, 3.05) is 31.0 Å². The Kier molecular flexibility index (Phi) is 7.79. The molecule has 6 nitrogen and oxygen atoms in total. The Morgan fingerprint density at radius 3 is 2.13 bits per heavy atom. The van der Waals surface area contributed by atoms with E-state index in [1.807, 2.05) is 54.6 Å². The molecule has 0 saturated heterocycles. The maximum Gasteiger partial charge on any atom is 0.253 e. The van der Waals surface area contributed by atoms with Crippen LogP contribution in [0.15, 0.2) is 78.9 Å². The molecular weight excluding hydrogens is 392 g/mol. The number of anilines is 2. The van der Waals surface area contributed by atoms with Crippen molar-refractivity contribution in [2.24, 2.45) is 0 Å². The predicted octanol–water partition coefficient (Wildman–Crippen LogP) is 4.06. The first-order valence-electron chi connectivity index (χ1n) is 9.95. The Bertz CT molecular complexity index is 986. The lowest BCUT2D eigenvalue weighted by atomic mass is 10.1. The Balaban J connectivity index is 1.66. The molecule has 0 aliphatic rings. The SMILES string of the molecule is COCC(=O)N(Cc1ccccc1)c1ccc(CC(=O)Nc2ccc(OC)cc2)cc1. The van der Waals surface area contributed by atoms with Gasteiger partial charge >= 0.3 is 0 Å². The zero-order chi connectivity index (χ0) is 22.1. The van der Waals surface area contributed by atoms with Gasteiger partial charge in [0.25, 0.3) is 5.91 Å². The largest absolute Gasteiger partial charge is 0.497 e. The topological polar surface area (TPSA) is 67.9 Å². The van der Waals surface area contributed by atoms with Crippen molar-refractivity contribution in [1.82, 2.24) is 0 Å². The molecule has 31 heavy (non-hydrogen) atoms. The minimum atomic E-state index is -0.128. The predicted molar refractivity (Wildman–Crippen MR) is 121 cm³/mol. The van der Waals surface area contributed by atoms with Gasteiger partial charge in [0.15, 0.2) is 0 Å². The third-order valence-electron chi connectivity index (χ3n) is 4.74. The third-order valence-corrected chi connectivity index (χ3v) is 4.74. The fourth-order valence-corrected chi connectivity index (χ4v) is 3.15. The van der Waals surface area contributed by atoms with Crippen LogP contribution in [-0.2, 0) is 27.3 Å². The standard InChI is InChI=1S/C25H26N2O4/c1-30-18-25(29)27(17-20-6-4-3-5-7-20)22-12-8-19(9-13-22)16-24(28)26-21-10-14-23(31-2)15-11-21/h3-15H,16-18H2,1-2H3,(H,26,28). The number of benzene rings is 3. The van der Waals surface area contributed by atoms with E-state index in [1.165, 1.54) is 7.11 Å². The van der Waals surface area contributed by atoms with Crippen LogP contribution >= 0.6 is 0 Å². The highest BCUT2D eigenvalue weighted by atomic mass is 16.5. The van der Waals surface area contributed by atoms with Crippen molar-refractivity contribution in [1.29, 1.82) is 0 Å². The first-order valence-corrected chi connectivity index (χ1v) is 9.95. The zero-order valence-corrected chi connectivity index (χ0v) is 17.7. The summed E-state index contributed by atoms with van der Waals surface area (Å²) in [6, 6.07) is 24.4. The summed E-state index contributed by atoms with van der Waals surface area (Å²) in [6.45, 7) is 0.444. The molecule has 3 aromatic rings. The highest BCUT2D eigenvalue weighted by molar-refractivity contribution is 5.95. The number of nitrogens with zero attached hydrogens (tertiary/aromatic N) is 1. The van der Waals surface area contributed by atoms with Gasteiger partial charge in [0.1, 0.15) is 12.4 Å². The van der Waals surface area contributed by atoms with E-state index in [-0.39, 0.29) is 24.8 Å². The molecule has 0 bridgehead atoms. The van der Waals surface area contributed by atoms with Gasteiger partial charge in [-0.1, -0.05) is 42.5 Å². The number of carbonyl (C=O) groups excluding carboxylic acids is 2. The number of hydrogen-bond donors (Lipinski definition) is 1. The number of ether oxygens (including phenoxy) is 2. The number of amides is 2. The molecule has 3 rings (SSSR count). The summed E-state index contributed by atoms with van der Waals surface area (Å²) in [6.07, 6.45) is 0.233. The first-order chi connectivity index (χ1) is 15.1. The second kappa shape index (κ2) is 10.9. The van der Waals surface area contributed by atoms with E-state index in [0.29, 0.717) is 12.2 Å². The summed E-state index contributed by atoms with van der Waals surface area (Å²) in [7, 11) is 3.10. The highest BCUT2D eigenvalue weighted by Crippen LogP contribution is 2.20. The molecule has 1 N–H and O–H groups in total. The molecule has 0 unspecified atom stereocenters. The summed E-state index contributed by atoms with van der Waals surface area (Å²) >= 11 is 0. The van der Waals surface area contributed by atoms with Crippen LogP contribution in [0.1, 0.15) is 11.1 Å². The van der Waals surface area contributed by atoms with Crippen LogP contribution in [0, 0.1) is 0 Å². The molecule has 0 spiro atoms. The fourth-order valence-electron chi connectivity index (χ4n) is 3.15. The van der Waals surface area contributed by atoms with Gasteiger partial charge in [0.05, 0.1) is 20.1 Å². The Labute approximate surface area is 182 Å². The lowest BCUT2D eigenvalue weighted by Crippen LogP contribution is -2.33. The number of nitrogens with one attached hydrogen (secondary N) is 1. The summed E-state index contributed by atoms with van der Waals surface area (Å²) in [5.74, 6) is 0.488. The average Bonchev–Trinajstić information content (AvgIpc) is 2.79. The van der Waals surface area contributed by atoms with E-state index in [1.54, 1.807) is 36.3 Å². The maximum absolute atomic E-state index is 12.6. The smallest absolute Gasteiger partial charge is 0.253 e. The van der Waals surface area contributed by atoms with Crippen LogP contribution in [0.25, 0.3) is 0 Å². The van der Waals surface area contributed by atoms with Gasteiger partial charge in [-0.3, -0.25) is 9.59 Å². The molecular formula is C25H26N2O4. The van der Waals surface area contributed by atoms with Crippen LogP contribution in [0.2, 0.25) is 0 Å². The lowest BCUT2D eigenvalue weighted by molar-refractivity contribution is -0.122. The number of hydrogen-bond acceptors (Lipinski definition) is 4. The van der Waals surface area contributed by atoms with Gasteiger partial charge < -0.3 is 19.7 Å². The monoisotopic (exact) mass is 418 g/mol. The minimum absolute atomic E-state index is 0.00114. The van der Waals surface area contributed by atoms with E-state index < -0.39 is 0 Å². The molecule has 3 aromatic carbocycles. The van der Waals surface area contributed by atoms with Gasteiger partial charge in [0.2, 0.25) is 5.91 Å². The molecule has 6 heteroatoms. The Morgan fingerprint density at radius 1 is 0.839 bits per heavy atom. The van der Waals surface area contributed by atoms with E-state index in [0.717, 1.165) is 22.6 Å². The molecule has 0 atom stereocenters. The number of carbonyl (C=O) groups is 2. The Hall–Kier alpha value is -3.64. The average molecular weight is 418 g/mol. The maximum atomic E-state index is 12.6. The van der Waals surface area contributed by atoms with Crippen molar-refractivity contribution in [3.63, 3.8) is 0 Å². The zero-order valence-electron chi connectivity index (χ0n) is 17.7. The van der Waals surface area contributed by atoms with Gasteiger partial charge in [-0.2, -0.15) is 0 Å². The molecule has 0 aromatic heterocycles. The van der Waals surface area contributed by atoms with Crippen molar-refractivity contribution in [3.05, 3.63) is 90.0 Å². The summed E-state index contributed by atoms with van der Waals surface area (Å²) in [5, 5.41) is 2.87.